The van der Waals surface area contributed by atoms with E-state index in [9.17, 15) is 19.8 Å². The Morgan fingerprint density at radius 3 is 1.97 bits per heavy atom. The predicted molar refractivity (Wildman–Crippen MR) is 158 cm³/mol. The van der Waals surface area contributed by atoms with Crippen molar-refractivity contribution in [3.63, 3.8) is 0 Å². The maximum absolute atomic E-state index is 12.0. The van der Waals surface area contributed by atoms with Gasteiger partial charge in [-0.3, -0.25) is 0 Å². The molecule has 1 unspecified atom stereocenters. The summed E-state index contributed by atoms with van der Waals surface area (Å²) in [6, 6.07) is 16.3. The van der Waals surface area contributed by atoms with Gasteiger partial charge in [0, 0.05) is 0 Å². The number of benzene rings is 3. The standard InChI is InChI=1S/C34H42O5/c1-6-27-28(7-2)30(32-21-25(33(35)36)13-16-31(32)34(37)38)18-17-29(27)24-11-14-26(15-12-24)39-20-19-23(5)10-8-9-22(3)4/h11-18,21-23H,6-10,19-20H2,1-5H3,(H,35,36)(H,37,38). The third-order valence-electron chi connectivity index (χ3n) is 7.45. The summed E-state index contributed by atoms with van der Waals surface area (Å²) in [5.41, 5.74) is 5.70. The van der Waals surface area contributed by atoms with Gasteiger partial charge in [0.25, 0.3) is 0 Å². The zero-order valence-corrected chi connectivity index (χ0v) is 23.9. The van der Waals surface area contributed by atoms with Crippen molar-refractivity contribution < 1.29 is 24.5 Å². The topological polar surface area (TPSA) is 83.8 Å². The molecule has 39 heavy (non-hydrogen) atoms. The van der Waals surface area contributed by atoms with Crippen molar-refractivity contribution in [1.82, 2.24) is 0 Å². The van der Waals surface area contributed by atoms with E-state index in [0.717, 1.165) is 52.3 Å². The molecule has 0 saturated heterocycles. The van der Waals surface area contributed by atoms with Crippen molar-refractivity contribution in [2.45, 2.75) is 73.1 Å². The van der Waals surface area contributed by atoms with Crippen LogP contribution in [0.5, 0.6) is 5.75 Å². The molecule has 5 nitrogen and oxygen atoms in total. The first-order valence-corrected chi connectivity index (χ1v) is 14.1. The molecule has 3 aromatic rings. The smallest absolute Gasteiger partial charge is 0.336 e. The SMILES string of the molecule is CCc1c(-c2ccc(OCCC(C)CCCC(C)C)cc2)ccc(-c2cc(C(=O)O)ccc2C(=O)O)c1CC. The van der Waals surface area contributed by atoms with Crippen molar-refractivity contribution >= 4 is 11.9 Å². The Labute approximate surface area is 232 Å². The van der Waals surface area contributed by atoms with E-state index in [2.05, 4.69) is 39.8 Å². The minimum Gasteiger partial charge on any atom is -0.494 e. The van der Waals surface area contributed by atoms with Crippen LogP contribution in [0.25, 0.3) is 22.3 Å². The second-order valence-corrected chi connectivity index (χ2v) is 10.8. The van der Waals surface area contributed by atoms with E-state index in [1.807, 2.05) is 31.2 Å². The summed E-state index contributed by atoms with van der Waals surface area (Å²) >= 11 is 0. The van der Waals surface area contributed by atoms with E-state index in [1.165, 1.54) is 37.5 Å². The van der Waals surface area contributed by atoms with Crippen LogP contribution in [0.3, 0.4) is 0 Å². The molecule has 0 aliphatic carbocycles. The zero-order valence-electron chi connectivity index (χ0n) is 23.9. The molecule has 3 aromatic carbocycles. The number of hydrogen-bond donors (Lipinski definition) is 2. The molecule has 0 fully saturated rings. The molecule has 0 spiro atoms. The molecule has 208 valence electrons. The molecule has 0 amide bonds. The van der Waals surface area contributed by atoms with Crippen LogP contribution in [-0.2, 0) is 12.8 Å². The number of hydrogen-bond acceptors (Lipinski definition) is 3. The Bertz CT molecular complexity index is 1270. The number of rotatable bonds is 14. The quantitative estimate of drug-likeness (QED) is 0.218. The minimum atomic E-state index is -1.08. The second-order valence-electron chi connectivity index (χ2n) is 10.8. The van der Waals surface area contributed by atoms with E-state index in [4.69, 9.17) is 4.74 Å². The fourth-order valence-electron chi connectivity index (χ4n) is 5.24. The normalized spacial score (nSPS) is 11.9. The molecule has 5 heteroatoms. The highest BCUT2D eigenvalue weighted by molar-refractivity contribution is 6.00. The Balaban J connectivity index is 1.84. The molecular formula is C34H42O5. The second kappa shape index (κ2) is 14.0. The first-order valence-electron chi connectivity index (χ1n) is 14.1. The average Bonchev–Trinajstić information content (AvgIpc) is 2.91. The summed E-state index contributed by atoms with van der Waals surface area (Å²) < 4.78 is 6.04. The largest absolute Gasteiger partial charge is 0.494 e. The first-order chi connectivity index (χ1) is 18.7. The monoisotopic (exact) mass is 530 g/mol. The van der Waals surface area contributed by atoms with Gasteiger partial charge in [0.1, 0.15) is 5.75 Å². The average molecular weight is 531 g/mol. The summed E-state index contributed by atoms with van der Waals surface area (Å²) in [4.78, 5) is 23.6. The van der Waals surface area contributed by atoms with E-state index < -0.39 is 11.9 Å². The van der Waals surface area contributed by atoms with E-state index in [-0.39, 0.29) is 11.1 Å². The summed E-state index contributed by atoms with van der Waals surface area (Å²) in [5, 5.41) is 19.3. The Kier molecular flexibility index (Phi) is 10.7. The lowest BCUT2D eigenvalue weighted by Gasteiger charge is -2.19. The third kappa shape index (κ3) is 7.72. The summed E-state index contributed by atoms with van der Waals surface area (Å²) in [7, 11) is 0. The molecule has 0 bridgehead atoms. The molecule has 0 aromatic heterocycles. The van der Waals surface area contributed by atoms with Crippen LogP contribution in [0, 0.1) is 11.8 Å². The molecule has 0 aliphatic rings. The van der Waals surface area contributed by atoms with E-state index in [1.54, 1.807) is 0 Å². The fourth-order valence-corrected chi connectivity index (χ4v) is 5.24. The van der Waals surface area contributed by atoms with Crippen molar-refractivity contribution in [2.75, 3.05) is 6.61 Å². The van der Waals surface area contributed by atoms with E-state index >= 15 is 0 Å². The third-order valence-corrected chi connectivity index (χ3v) is 7.45. The molecule has 0 heterocycles. The molecule has 1 atom stereocenters. The van der Waals surface area contributed by atoms with Crippen molar-refractivity contribution in [3.05, 3.63) is 76.9 Å². The highest BCUT2D eigenvalue weighted by atomic mass is 16.5. The Hall–Kier alpha value is -3.60. The Morgan fingerprint density at radius 2 is 1.38 bits per heavy atom. The van der Waals surface area contributed by atoms with Crippen LogP contribution in [-0.4, -0.2) is 28.8 Å². The van der Waals surface area contributed by atoms with Gasteiger partial charge < -0.3 is 14.9 Å². The van der Waals surface area contributed by atoms with Gasteiger partial charge in [-0.1, -0.05) is 78.1 Å². The maximum atomic E-state index is 12.0. The Morgan fingerprint density at radius 1 is 0.744 bits per heavy atom. The fraction of sp³-hybridized carbons (Fsp3) is 0.412. The first kappa shape index (κ1) is 29.9. The molecule has 2 N–H and O–H groups in total. The van der Waals surface area contributed by atoms with Crippen LogP contribution in [0.4, 0.5) is 0 Å². The van der Waals surface area contributed by atoms with Crippen LogP contribution in [0.15, 0.2) is 54.6 Å². The lowest BCUT2D eigenvalue weighted by molar-refractivity contribution is 0.0682. The maximum Gasteiger partial charge on any atom is 0.336 e. The van der Waals surface area contributed by atoms with Gasteiger partial charge in [0.2, 0.25) is 0 Å². The lowest BCUT2D eigenvalue weighted by Crippen LogP contribution is -2.06. The van der Waals surface area contributed by atoms with Gasteiger partial charge in [0.05, 0.1) is 17.7 Å². The van der Waals surface area contributed by atoms with Gasteiger partial charge >= 0.3 is 11.9 Å². The van der Waals surface area contributed by atoms with Gasteiger partial charge in [-0.05, 0) is 94.8 Å². The van der Waals surface area contributed by atoms with Crippen molar-refractivity contribution in [2.24, 2.45) is 11.8 Å². The summed E-state index contributed by atoms with van der Waals surface area (Å²) in [5.74, 6) is 0.109. The number of carbonyl (C=O) groups is 2. The van der Waals surface area contributed by atoms with Crippen molar-refractivity contribution in [1.29, 1.82) is 0 Å². The van der Waals surface area contributed by atoms with E-state index in [0.29, 0.717) is 24.5 Å². The minimum absolute atomic E-state index is 0.0692. The number of aromatic carboxylic acids is 2. The van der Waals surface area contributed by atoms with Crippen LogP contribution >= 0.6 is 0 Å². The van der Waals surface area contributed by atoms with Crippen LogP contribution < -0.4 is 4.74 Å². The van der Waals surface area contributed by atoms with Gasteiger partial charge in [-0.25, -0.2) is 9.59 Å². The zero-order chi connectivity index (χ0) is 28.5. The van der Waals surface area contributed by atoms with Crippen LogP contribution in [0.2, 0.25) is 0 Å². The highest BCUT2D eigenvalue weighted by Gasteiger charge is 2.20. The number of carboxylic acid groups (broad SMARTS) is 2. The van der Waals surface area contributed by atoms with Crippen molar-refractivity contribution in [3.8, 4) is 28.0 Å². The lowest BCUT2D eigenvalue weighted by atomic mass is 9.85. The van der Waals surface area contributed by atoms with Gasteiger partial charge in [-0.2, -0.15) is 0 Å². The molecule has 0 radical (unpaired) electrons. The highest BCUT2D eigenvalue weighted by Crippen LogP contribution is 2.37. The van der Waals surface area contributed by atoms with Gasteiger partial charge in [-0.15, -0.1) is 0 Å². The number of carboxylic acids is 2. The molecule has 3 rings (SSSR count). The van der Waals surface area contributed by atoms with Gasteiger partial charge in [0.15, 0.2) is 0 Å². The molecular weight excluding hydrogens is 488 g/mol. The summed E-state index contributed by atoms with van der Waals surface area (Å²) in [6.07, 6.45) is 6.30. The van der Waals surface area contributed by atoms with Crippen LogP contribution in [0.1, 0.15) is 92.1 Å². The predicted octanol–water partition coefficient (Wildman–Crippen LogP) is 8.77. The molecule has 0 aliphatic heterocycles. The molecule has 0 saturated carbocycles. The number of ether oxygens (including phenoxy) is 1. The summed E-state index contributed by atoms with van der Waals surface area (Å²) in [6.45, 7) is 11.7.